The van der Waals surface area contributed by atoms with E-state index in [0.717, 1.165) is 13.1 Å². The van der Waals surface area contributed by atoms with Gasteiger partial charge in [0, 0.05) is 23.2 Å². The highest BCUT2D eigenvalue weighted by Gasteiger charge is 2.34. The zero-order chi connectivity index (χ0) is 16.7. The summed E-state index contributed by atoms with van der Waals surface area (Å²) < 4.78 is 79.7. The van der Waals surface area contributed by atoms with Gasteiger partial charge in [0.15, 0.2) is 11.6 Å². The highest BCUT2D eigenvalue weighted by Crippen LogP contribution is 2.36. The summed E-state index contributed by atoms with van der Waals surface area (Å²) in [6.45, 7) is 1.02. The molecule has 0 N–H and O–H groups in total. The molecule has 0 atom stereocenters. The predicted molar refractivity (Wildman–Crippen MR) is 68.8 cm³/mol. The molecule has 0 aliphatic carbocycles. The molecule has 1 heterocycles. The molecule has 0 unspecified atom stereocenters. The fourth-order valence-electron chi connectivity index (χ4n) is 1.87. The number of halogens is 7. The van der Waals surface area contributed by atoms with Gasteiger partial charge in [0.1, 0.15) is 5.82 Å². The van der Waals surface area contributed by atoms with Gasteiger partial charge < -0.3 is 0 Å². The van der Waals surface area contributed by atoms with Crippen molar-refractivity contribution in [3.8, 4) is 11.3 Å². The fourth-order valence-corrected chi connectivity index (χ4v) is 2.09. The highest BCUT2D eigenvalue weighted by atomic mass is 35.5. The molecule has 2 rings (SSSR count). The predicted octanol–water partition coefficient (Wildman–Crippen LogP) is 5.23. The van der Waals surface area contributed by atoms with E-state index in [0.29, 0.717) is 12.1 Å². The summed E-state index contributed by atoms with van der Waals surface area (Å²) in [6.07, 6.45) is -3.94. The van der Waals surface area contributed by atoms with Crippen LogP contribution in [0.4, 0.5) is 26.3 Å². The van der Waals surface area contributed by atoms with E-state index < -0.39 is 51.9 Å². The molecule has 1 aromatic carbocycles. The molecule has 0 spiro atoms. The van der Waals surface area contributed by atoms with Crippen molar-refractivity contribution in [1.29, 1.82) is 0 Å². The van der Waals surface area contributed by atoms with Crippen LogP contribution in [0.2, 0.25) is 0 Å². The number of nitrogens with zero attached hydrogens (tertiary/aromatic N) is 1. The van der Waals surface area contributed by atoms with Crippen molar-refractivity contribution >= 4 is 11.6 Å². The Morgan fingerprint density at radius 1 is 1.09 bits per heavy atom. The van der Waals surface area contributed by atoms with Gasteiger partial charge >= 0.3 is 6.18 Å². The van der Waals surface area contributed by atoms with Crippen LogP contribution in [-0.2, 0) is 12.1 Å². The maximum Gasteiger partial charge on any atom is 0.416 e. The van der Waals surface area contributed by atoms with Crippen molar-refractivity contribution < 1.29 is 26.3 Å². The van der Waals surface area contributed by atoms with Crippen molar-refractivity contribution in [2.75, 3.05) is 0 Å². The average Bonchev–Trinajstić information content (AvgIpc) is 2.47. The maximum atomic E-state index is 13.8. The van der Waals surface area contributed by atoms with E-state index in [1.165, 1.54) is 0 Å². The maximum absolute atomic E-state index is 13.8. The smallest absolute Gasteiger partial charge is 0.256 e. The lowest BCUT2D eigenvalue weighted by atomic mass is 10.0. The molecule has 0 saturated carbocycles. The van der Waals surface area contributed by atoms with Crippen LogP contribution in [0.3, 0.4) is 0 Å². The van der Waals surface area contributed by atoms with Crippen LogP contribution in [0.5, 0.6) is 0 Å². The van der Waals surface area contributed by atoms with E-state index in [-0.39, 0.29) is 5.56 Å². The summed E-state index contributed by atoms with van der Waals surface area (Å²) in [7, 11) is 0. The molecule has 0 amide bonds. The summed E-state index contributed by atoms with van der Waals surface area (Å²) in [6, 6.07) is 1.13. The Balaban J connectivity index is 2.70. The van der Waals surface area contributed by atoms with E-state index in [2.05, 4.69) is 4.98 Å². The molecule has 8 heteroatoms. The lowest BCUT2D eigenvalue weighted by Gasteiger charge is -2.13. The average molecular weight is 340 g/mol. The molecule has 0 aliphatic heterocycles. The lowest BCUT2D eigenvalue weighted by Crippen LogP contribution is -2.10. The molecule has 1 aromatic heterocycles. The number of aromatic nitrogens is 1. The molecule has 22 heavy (non-hydrogen) atoms. The highest BCUT2D eigenvalue weighted by molar-refractivity contribution is 6.17. The van der Waals surface area contributed by atoms with Gasteiger partial charge in [-0.1, -0.05) is 0 Å². The van der Waals surface area contributed by atoms with Gasteiger partial charge in [-0.25, -0.2) is 13.2 Å². The van der Waals surface area contributed by atoms with Crippen LogP contribution < -0.4 is 0 Å². The van der Waals surface area contributed by atoms with Gasteiger partial charge in [0.2, 0.25) is 0 Å². The first-order valence-corrected chi connectivity index (χ1v) is 6.46. The topological polar surface area (TPSA) is 12.9 Å². The fraction of sp³-hybridized carbons (Fsp3) is 0.214. The van der Waals surface area contributed by atoms with Crippen molar-refractivity contribution in [2.24, 2.45) is 0 Å². The normalized spacial score (nSPS) is 11.8. The number of rotatable bonds is 2. The van der Waals surface area contributed by atoms with Crippen molar-refractivity contribution in [3.05, 3.63) is 52.5 Å². The molecular formula is C14H8ClF6N. The second-order valence-corrected chi connectivity index (χ2v) is 4.78. The SMILES string of the molecule is Cc1c(F)cc(-c2cc(C(F)(F)F)c(CCl)cn2)c(F)c1F. The molecule has 0 radical (unpaired) electrons. The van der Waals surface area contributed by atoms with E-state index in [9.17, 15) is 26.3 Å². The summed E-state index contributed by atoms with van der Waals surface area (Å²) in [5.41, 5.74) is -3.22. The Bertz CT molecular complexity index is 726. The molecule has 1 nitrogen and oxygen atoms in total. The van der Waals surface area contributed by atoms with Gasteiger partial charge in [0.25, 0.3) is 0 Å². The molecule has 0 fully saturated rings. The van der Waals surface area contributed by atoms with Crippen LogP contribution in [0.25, 0.3) is 11.3 Å². The standard InChI is InChI=1S/C14H8ClF6N/c1-6-10(16)2-8(13(18)12(6)17)11-3-9(14(19,20)21)7(4-15)5-22-11/h2-3,5H,4H2,1H3. The van der Waals surface area contributed by atoms with Crippen molar-refractivity contribution in [1.82, 2.24) is 4.98 Å². The third-order valence-electron chi connectivity index (χ3n) is 3.10. The quantitative estimate of drug-likeness (QED) is 0.414. The zero-order valence-corrected chi connectivity index (χ0v) is 11.8. The molecule has 0 aliphatic rings. The Hall–Kier alpha value is -1.76. The number of hydrogen-bond acceptors (Lipinski definition) is 1. The minimum Gasteiger partial charge on any atom is -0.256 e. The Morgan fingerprint density at radius 2 is 1.73 bits per heavy atom. The third kappa shape index (κ3) is 2.90. The molecular weight excluding hydrogens is 332 g/mol. The van der Waals surface area contributed by atoms with Gasteiger partial charge in [-0.2, -0.15) is 13.2 Å². The van der Waals surface area contributed by atoms with Crippen LogP contribution in [0.1, 0.15) is 16.7 Å². The van der Waals surface area contributed by atoms with Gasteiger partial charge in [-0.15, -0.1) is 11.6 Å². The second-order valence-electron chi connectivity index (χ2n) is 4.52. The number of alkyl halides is 4. The van der Waals surface area contributed by atoms with Crippen LogP contribution in [-0.4, -0.2) is 4.98 Å². The van der Waals surface area contributed by atoms with Crippen molar-refractivity contribution in [3.63, 3.8) is 0 Å². The van der Waals surface area contributed by atoms with Crippen LogP contribution >= 0.6 is 11.6 Å². The lowest BCUT2D eigenvalue weighted by molar-refractivity contribution is -0.138. The minimum atomic E-state index is -4.75. The monoisotopic (exact) mass is 339 g/mol. The Labute approximate surface area is 126 Å². The van der Waals surface area contributed by atoms with Gasteiger partial charge in [-0.3, -0.25) is 4.98 Å². The first kappa shape index (κ1) is 16.6. The van der Waals surface area contributed by atoms with Crippen molar-refractivity contribution in [2.45, 2.75) is 19.0 Å². The Morgan fingerprint density at radius 3 is 2.27 bits per heavy atom. The molecule has 0 saturated heterocycles. The molecule has 118 valence electrons. The summed E-state index contributed by atoms with van der Waals surface area (Å²) in [4.78, 5) is 3.61. The summed E-state index contributed by atoms with van der Waals surface area (Å²) >= 11 is 5.40. The largest absolute Gasteiger partial charge is 0.416 e. The van der Waals surface area contributed by atoms with Gasteiger partial charge in [0.05, 0.1) is 11.3 Å². The first-order valence-electron chi connectivity index (χ1n) is 5.93. The first-order chi connectivity index (χ1) is 10.2. The van der Waals surface area contributed by atoms with E-state index in [1.54, 1.807) is 0 Å². The van der Waals surface area contributed by atoms with Crippen LogP contribution in [0.15, 0.2) is 18.3 Å². The summed E-state index contributed by atoms with van der Waals surface area (Å²) in [5, 5.41) is 0. The van der Waals surface area contributed by atoms with Crippen LogP contribution in [0, 0.1) is 24.4 Å². The number of hydrogen-bond donors (Lipinski definition) is 0. The van der Waals surface area contributed by atoms with E-state index in [1.807, 2.05) is 0 Å². The number of pyridine rings is 1. The second kappa shape index (κ2) is 5.79. The molecule has 0 bridgehead atoms. The minimum absolute atomic E-state index is 0.314. The Kier molecular flexibility index (Phi) is 4.37. The van der Waals surface area contributed by atoms with Gasteiger partial charge in [-0.05, 0) is 24.6 Å². The third-order valence-corrected chi connectivity index (χ3v) is 3.39. The van der Waals surface area contributed by atoms with E-state index >= 15 is 0 Å². The summed E-state index contributed by atoms with van der Waals surface area (Å²) in [5.74, 6) is -4.46. The molecule has 2 aromatic rings. The number of benzene rings is 1. The zero-order valence-electron chi connectivity index (χ0n) is 11.0. The van der Waals surface area contributed by atoms with E-state index in [4.69, 9.17) is 11.6 Å².